The van der Waals surface area contributed by atoms with Crippen molar-refractivity contribution in [3.05, 3.63) is 34.9 Å². The molecule has 1 aromatic carbocycles. The first kappa shape index (κ1) is 104. The summed E-state index contributed by atoms with van der Waals surface area (Å²) in [6, 6.07) is 3.42. The number of carbonyl (C=O) groups is 9. The van der Waals surface area contributed by atoms with Gasteiger partial charge in [0, 0.05) is 144 Å². The summed E-state index contributed by atoms with van der Waals surface area (Å²) in [6.45, 7) is 47.0. The van der Waals surface area contributed by atoms with Crippen molar-refractivity contribution in [1.29, 1.82) is 0 Å². The second-order valence-corrected chi connectivity index (χ2v) is 44.2. The van der Waals surface area contributed by atoms with Gasteiger partial charge in [0.1, 0.15) is 36.6 Å². The van der Waals surface area contributed by atoms with E-state index < -0.39 is 193 Å². The molecule has 30 heteroatoms. The summed E-state index contributed by atoms with van der Waals surface area (Å²) in [4.78, 5) is 136. The van der Waals surface area contributed by atoms with E-state index in [2.05, 4.69) is 0 Å². The summed E-state index contributed by atoms with van der Waals surface area (Å²) < 4.78 is 56.2. The molecule has 7 rings (SSSR count). The number of rotatable bonds is 36. The molecule has 6 saturated heterocycles. The highest BCUT2D eigenvalue weighted by Gasteiger charge is 2.60. The van der Waals surface area contributed by atoms with Crippen LogP contribution in [0.2, 0.25) is 0 Å². The minimum absolute atomic E-state index is 0.0348. The fraction of sp³-hybridized carbons (Fsp3) is 0.839. The Labute approximate surface area is 732 Å². The van der Waals surface area contributed by atoms with E-state index in [0.29, 0.717) is 38.5 Å². The summed E-state index contributed by atoms with van der Waals surface area (Å²) in [7, 11) is 0. The molecule has 1 aromatic rings. The van der Waals surface area contributed by atoms with Gasteiger partial charge in [-0.1, -0.05) is 59.3 Å². The molecule has 0 aromatic heterocycles. The highest BCUT2D eigenvalue weighted by Crippen LogP contribution is 2.49. The van der Waals surface area contributed by atoms with Crippen molar-refractivity contribution in [2.24, 2.45) is 16.2 Å². The first-order valence-electron chi connectivity index (χ1n) is 45.1. The highest BCUT2D eigenvalue weighted by molar-refractivity contribution is 6.03. The van der Waals surface area contributed by atoms with E-state index in [1.807, 2.05) is 76.2 Å². The molecular weight excluding hydrogens is 1590 g/mol. The lowest BCUT2D eigenvalue weighted by molar-refractivity contribution is -0.301. The number of piperidine rings is 6. The molecule has 0 aliphatic carbocycles. The van der Waals surface area contributed by atoms with Gasteiger partial charge in [0.05, 0.1) is 36.5 Å². The zero-order valence-electron chi connectivity index (χ0n) is 79.5. The molecule has 30 nitrogen and oxygen atoms in total. The fourth-order valence-electron chi connectivity index (χ4n) is 21.3. The Morgan fingerprint density at radius 2 is 0.423 bits per heavy atom. The molecule has 0 bridgehead atoms. The first-order chi connectivity index (χ1) is 56.3. The molecular formula is C93H152N6O24. The van der Waals surface area contributed by atoms with E-state index >= 15 is 28.8 Å². The van der Waals surface area contributed by atoms with Crippen molar-refractivity contribution >= 4 is 53.7 Å². The van der Waals surface area contributed by atoms with Gasteiger partial charge in [0.25, 0.3) is 0 Å². The van der Waals surface area contributed by atoms with Gasteiger partial charge in [0.15, 0.2) is 16.2 Å². The normalized spacial score (nSPS) is 23.4. The van der Waals surface area contributed by atoms with Gasteiger partial charge < -0.3 is 53.0 Å². The molecule has 2 unspecified atom stereocenters. The second-order valence-electron chi connectivity index (χ2n) is 44.2. The van der Waals surface area contributed by atoms with Crippen LogP contribution in [0.4, 0.5) is 0 Å². The SMILES string of the molecule is CCCCC(CCCOC(=O)c1cc(C(=O)OCCCC(CCCC)(C(=O)OC2CC(C)(C)N([O])C(C)(C)C2)C(=O)OC2CC(C)(C)N(O)C(C)(C)C2)cc(C(=O)OCCCC(CCCC)(C(=O)OC2CC(C)(C)N([O])C(C)(C)C2)C(=O)OC2CC(C)(C)N(O)C(C)(C)C2)c1)(C(=O)OC1CC(C)(C)N([O])C(C)(C)C1)C(=O)OC1CC(C)(C)N([O])C(C)(C)C1. The third kappa shape index (κ3) is 24.3. The van der Waals surface area contributed by atoms with Crippen molar-refractivity contribution in [2.45, 2.75) is 463 Å². The topological polar surface area (TPSA) is 376 Å². The van der Waals surface area contributed by atoms with Gasteiger partial charge in [-0.05, 0) is 242 Å². The Bertz CT molecular complexity index is 3200. The van der Waals surface area contributed by atoms with Crippen molar-refractivity contribution < 1.29 is 117 Å². The molecule has 4 radical (unpaired) electrons. The number of hydrogen-bond acceptors (Lipinski definition) is 26. The van der Waals surface area contributed by atoms with Crippen LogP contribution in [0.1, 0.15) is 391 Å². The Morgan fingerprint density at radius 3 is 0.577 bits per heavy atom. The van der Waals surface area contributed by atoms with Gasteiger partial charge in [-0.3, -0.25) is 28.8 Å². The monoisotopic (exact) mass is 1740 g/mol. The molecule has 698 valence electrons. The maximum Gasteiger partial charge on any atom is 0.338 e. The molecule has 6 fully saturated rings. The van der Waals surface area contributed by atoms with Crippen LogP contribution in [0, 0.1) is 16.2 Å². The Kier molecular flexibility index (Phi) is 33.1. The van der Waals surface area contributed by atoms with Gasteiger partial charge >= 0.3 is 53.7 Å². The molecule has 6 heterocycles. The van der Waals surface area contributed by atoms with Gasteiger partial charge in [0.2, 0.25) is 0 Å². The smallest absolute Gasteiger partial charge is 0.338 e. The molecule has 6 aliphatic rings. The summed E-state index contributed by atoms with van der Waals surface area (Å²) in [5.41, 5.74) is -18.2. The predicted octanol–water partition coefficient (Wildman–Crippen LogP) is 16.6. The minimum Gasteiger partial charge on any atom is -0.462 e. The summed E-state index contributed by atoms with van der Waals surface area (Å²) >= 11 is 0. The average molecular weight is 1740 g/mol. The van der Waals surface area contributed by atoms with Crippen LogP contribution >= 0.6 is 0 Å². The number of benzene rings is 1. The zero-order chi connectivity index (χ0) is 93.1. The lowest BCUT2D eigenvalue weighted by atomic mass is 9.77. The molecule has 0 spiro atoms. The standard InChI is InChI=1S/C93H152N6O24/c1-28-31-37-91(73(103)118-64-49-79(4,5)94(109)80(6,7)50-64,74(104)119-65-51-81(8,9)95(110)82(10,11)52-65)40-34-43-115-70(100)61-46-62(71(101)116-44-35-41-92(38-32-29-2,75(105)120-66-53-83(12,13)96(111)84(14,15)54-66)76(106)121-67-55-85(16,17)97(112)86(18,19)56-67)48-63(47-61)72(102)117-45-36-42-93(39-33-30-3,77(107)122-68-57-87(20,21)98(113)88(22,23)58-68)78(108)123-69-59-89(24,25)99(114)90(26,27)60-69/h46-48,64-69,109,111H,28-45,49-60H2,1-27H3. The number of ether oxygens (including phenoxy) is 9. The lowest BCUT2D eigenvalue weighted by Gasteiger charge is -2.51. The fourth-order valence-corrected chi connectivity index (χ4v) is 21.3. The number of nitrogens with zero attached hydrogens (tertiary/aromatic N) is 6. The van der Waals surface area contributed by atoms with Crippen LogP contribution in [0.25, 0.3) is 0 Å². The van der Waals surface area contributed by atoms with Crippen LogP contribution < -0.4 is 0 Å². The Morgan fingerprint density at radius 1 is 0.276 bits per heavy atom. The van der Waals surface area contributed by atoms with Gasteiger partial charge in [-0.15, -0.1) is 41.1 Å². The molecule has 0 amide bonds. The summed E-state index contributed by atoms with van der Waals surface area (Å²) in [5.74, 6) is -8.45. The highest BCUT2D eigenvalue weighted by atomic mass is 16.6. The summed E-state index contributed by atoms with van der Waals surface area (Å²) in [6.07, 6.45) is -1.29. The molecule has 2 atom stereocenters. The minimum atomic E-state index is -1.99. The molecule has 123 heavy (non-hydrogen) atoms. The van der Waals surface area contributed by atoms with Crippen LogP contribution in [-0.4, -0.2) is 217 Å². The lowest BCUT2D eigenvalue weighted by Crippen LogP contribution is -2.61. The van der Waals surface area contributed by atoms with Crippen molar-refractivity contribution in [2.75, 3.05) is 19.8 Å². The van der Waals surface area contributed by atoms with Crippen molar-refractivity contribution in [3.63, 3.8) is 0 Å². The van der Waals surface area contributed by atoms with E-state index in [1.54, 1.807) is 111 Å². The van der Waals surface area contributed by atoms with E-state index in [1.165, 1.54) is 10.1 Å². The van der Waals surface area contributed by atoms with Crippen LogP contribution in [0.5, 0.6) is 0 Å². The Hall–Kier alpha value is -6.03. The van der Waals surface area contributed by atoms with E-state index in [4.69, 9.17) is 42.6 Å². The molecule has 2 N–H and O–H groups in total. The van der Waals surface area contributed by atoms with Crippen molar-refractivity contribution in [1.82, 2.24) is 30.4 Å². The number of carbonyl (C=O) groups excluding carboxylic acids is 9. The molecule has 6 aliphatic heterocycles. The summed E-state index contributed by atoms with van der Waals surface area (Å²) in [5, 5.41) is 83.2. The average Bonchev–Trinajstić information content (AvgIpc) is 0.764. The number of unbranched alkanes of at least 4 members (excludes halogenated alkanes) is 3. The van der Waals surface area contributed by atoms with E-state index in [0.717, 1.165) is 38.5 Å². The number of esters is 9. The van der Waals surface area contributed by atoms with Crippen LogP contribution in [0.3, 0.4) is 0 Å². The first-order valence-corrected chi connectivity index (χ1v) is 45.1. The van der Waals surface area contributed by atoms with E-state index in [-0.39, 0.29) is 152 Å². The Balaban J connectivity index is 1.24. The number of hydroxylamine groups is 12. The third-order valence-electron chi connectivity index (χ3n) is 26.9. The third-order valence-corrected chi connectivity index (χ3v) is 26.9. The number of hydrogen-bond donors (Lipinski definition) is 2. The largest absolute Gasteiger partial charge is 0.462 e. The molecule has 0 saturated carbocycles. The van der Waals surface area contributed by atoms with Crippen molar-refractivity contribution in [3.8, 4) is 0 Å². The maximum atomic E-state index is 15.3. The van der Waals surface area contributed by atoms with Gasteiger partial charge in [-0.25, -0.2) is 14.4 Å². The second kappa shape index (κ2) is 39.1. The van der Waals surface area contributed by atoms with Crippen LogP contribution in [-0.2, 0) is 92.2 Å². The quantitative estimate of drug-likeness (QED) is 0.0273. The van der Waals surface area contributed by atoms with E-state index in [9.17, 15) is 45.6 Å². The van der Waals surface area contributed by atoms with Crippen LogP contribution in [0.15, 0.2) is 18.2 Å². The van der Waals surface area contributed by atoms with Gasteiger partial charge in [-0.2, -0.15) is 10.1 Å². The zero-order valence-corrected chi connectivity index (χ0v) is 79.5. The maximum absolute atomic E-state index is 15.3. The predicted molar refractivity (Wildman–Crippen MR) is 452 cm³/mol.